The topological polar surface area (TPSA) is 34.1 Å². The van der Waals surface area contributed by atoms with E-state index in [0.717, 1.165) is 6.92 Å². The number of nitrogens with zero attached hydrogens (tertiary/aromatic N) is 4. The van der Waals surface area contributed by atoms with Gasteiger partial charge in [0.05, 0.1) is 6.54 Å². The van der Waals surface area contributed by atoms with Crippen LogP contribution in [0.15, 0.2) is 4.99 Å². The Balaban J connectivity index is 0.00000392. The van der Waals surface area contributed by atoms with Gasteiger partial charge in [0.1, 0.15) is 6.04 Å². The van der Waals surface area contributed by atoms with Crippen LogP contribution in [0.5, 0.6) is 0 Å². The van der Waals surface area contributed by atoms with E-state index in [9.17, 15) is 26.3 Å². The minimum atomic E-state index is -4.24. The molecule has 0 bridgehead atoms. The van der Waals surface area contributed by atoms with E-state index in [4.69, 9.17) is 0 Å². The summed E-state index contributed by atoms with van der Waals surface area (Å²) in [5.41, 5.74) is 0. The van der Waals surface area contributed by atoms with E-state index in [-0.39, 0.29) is 43.0 Å². The number of hydrogen-bond acceptors (Lipinski definition) is 3. The second-order valence-corrected chi connectivity index (χ2v) is 7.17. The zero-order valence-corrected chi connectivity index (χ0v) is 18.3. The van der Waals surface area contributed by atoms with Gasteiger partial charge in [-0.15, -0.1) is 24.0 Å². The second-order valence-electron chi connectivity index (χ2n) is 7.17. The summed E-state index contributed by atoms with van der Waals surface area (Å²) in [4.78, 5) is 8.85. The highest BCUT2D eigenvalue weighted by molar-refractivity contribution is 14.0. The fraction of sp³-hybridized carbons (Fsp3) is 0.938. The molecule has 0 aliphatic carbocycles. The molecule has 2 aliphatic rings. The van der Waals surface area contributed by atoms with E-state index in [1.165, 1.54) is 9.80 Å². The van der Waals surface area contributed by atoms with Crippen molar-refractivity contribution in [1.29, 1.82) is 0 Å². The molecule has 2 rings (SSSR count). The number of aliphatic imine (C=N–C) groups is 1. The highest BCUT2D eigenvalue weighted by Gasteiger charge is 2.41. The number of rotatable bonds is 4. The average Bonchev–Trinajstić information content (AvgIpc) is 3.00. The summed E-state index contributed by atoms with van der Waals surface area (Å²) in [5.74, 6) is 0.680. The molecule has 0 aromatic rings. The van der Waals surface area contributed by atoms with Crippen molar-refractivity contribution in [2.75, 3.05) is 59.4 Å². The van der Waals surface area contributed by atoms with Gasteiger partial charge in [0.25, 0.3) is 0 Å². The lowest BCUT2D eigenvalue weighted by molar-refractivity contribution is -0.181. The molecule has 28 heavy (non-hydrogen) atoms. The Labute approximate surface area is 178 Å². The van der Waals surface area contributed by atoms with Gasteiger partial charge in [0, 0.05) is 46.3 Å². The molecule has 0 spiro atoms. The Morgan fingerprint density at radius 1 is 1.07 bits per heavy atom. The molecule has 1 N–H and O–H groups in total. The number of nitrogens with one attached hydrogen (secondary N) is 1. The normalized spacial score (nSPS) is 24.2. The molecule has 2 aliphatic heterocycles. The summed E-state index contributed by atoms with van der Waals surface area (Å²) in [5, 5.41) is 3.17. The zero-order valence-electron chi connectivity index (χ0n) is 16.0. The lowest BCUT2D eigenvalue weighted by atomic mass is 10.1. The van der Waals surface area contributed by atoms with E-state index in [1.54, 1.807) is 7.05 Å². The Morgan fingerprint density at radius 2 is 1.68 bits per heavy atom. The predicted octanol–water partition coefficient (Wildman–Crippen LogP) is 2.63. The quantitative estimate of drug-likeness (QED) is 0.262. The van der Waals surface area contributed by atoms with Crippen LogP contribution < -0.4 is 5.32 Å². The van der Waals surface area contributed by atoms with Gasteiger partial charge in [-0.1, -0.05) is 0 Å². The van der Waals surface area contributed by atoms with Gasteiger partial charge in [-0.05, 0) is 25.8 Å². The first kappa shape index (κ1) is 25.5. The van der Waals surface area contributed by atoms with Crippen LogP contribution in [0.4, 0.5) is 26.3 Å². The zero-order chi connectivity index (χ0) is 20.2. The molecule has 0 aromatic carbocycles. The molecule has 166 valence electrons. The maximum atomic E-state index is 12.8. The largest absolute Gasteiger partial charge is 0.403 e. The molecule has 0 amide bonds. The van der Waals surface area contributed by atoms with E-state index in [0.29, 0.717) is 45.1 Å². The van der Waals surface area contributed by atoms with Crippen LogP contribution in [0.25, 0.3) is 0 Å². The average molecular weight is 531 g/mol. The van der Waals surface area contributed by atoms with Crippen LogP contribution >= 0.6 is 24.0 Å². The Morgan fingerprint density at radius 3 is 2.18 bits per heavy atom. The van der Waals surface area contributed by atoms with Crippen LogP contribution in [0.2, 0.25) is 0 Å². The molecule has 2 saturated heterocycles. The SMILES string of the molecule is CN=C(NCC1CCN(CC(F)(F)F)C1)N1CCN(C(C)C(F)(F)F)CC1.I. The fourth-order valence-electron chi connectivity index (χ4n) is 3.57. The molecule has 0 saturated carbocycles. The molecule has 0 aromatic heterocycles. The molecule has 5 nitrogen and oxygen atoms in total. The van der Waals surface area contributed by atoms with Crippen molar-refractivity contribution >= 4 is 29.9 Å². The van der Waals surface area contributed by atoms with Crippen molar-refractivity contribution < 1.29 is 26.3 Å². The maximum absolute atomic E-state index is 12.8. The third-order valence-electron chi connectivity index (χ3n) is 5.17. The number of hydrogen-bond donors (Lipinski definition) is 1. The third kappa shape index (κ3) is 7.73. The molecular formula is C16H28F6IN5. The van der Waals surface area contributed by atoms with Gasteiger partial charge < -0.3 is 10.2 Å². The number of alkyl halides is 6. The van der Waals surface area contributed by atoms with Gasteiger partial charge >= 0.3 is 12.4 Å². The third-order valence-corrected chi connectivity index (χ3v) is 5.17. The van der Waals surface area contributed by atoms with Gasteiger partial charge in [-0.25, -0.2) is 0 Å². The minimum Gasteiger partial charge on any atom is -0.356 e. The van der Waals surface area contributed by atoms with Gasteiger partial charge in [0.15, 0.2) is 5.96 Å². The first-order valence-corrected chi connectivity index (χ1v) is 9.05. The monoisotopic (exact) mass is 531 g/mol. The molecular weight excluding hydrogens is 503 g/mol. The van der Waals surface area contributed by atoms with Gasteiger partial charge in [0.2, 0.25) is 0 Å². The lowest BCUT2D eigenvalue weighted by Gasteiger charge is -2.39. The number of guanidine groups is 1. The van der Waals surface area contributed by atoms with Gasteiger partial charge in [-0.3, -0.25) is 14.8 Å². The summed E-state index contributed by atoms with van der Waals surface area (Å²) in [6, 6.07) is -1.48. The number of halogens is 7. The molecule has 0 radical (unpaired) electrons. The number of likely N-dealkylation sites (tertiary alicyclic amines) is 1. The predicted molar refractivity (Wildman–Crippen MR) is 106 cm³/mol. The highest BCUT2D eigenvalue weighted by atomic mass is 127. The minimum absolute atomic E-state index is 0. The van der Waals surface area contributed by atoms with Crippen molar-refractivity contribution in [3.8, 4) is 0 Å². The Bertz CT molecular complexity index is 505. The first-order valence-electron chi connectivity index (χ1n) is 9.05. The smallest absolute Gasteiger partial charge is 0.356 e. The molecule has 2 fully saturated rings. The van der Waals surface area contributed by atoms with Crippen molar-refractivity contribution in [3.05, 3.63) is 0 Å². The van der Waals surface area contributed by atoms with Crippen molar-refractivity contribution in [2.45, 2.75) is 31.7 Å². The van der Waals surface area contributed by atoms with E-state index < -0.39 is 24.9 Å². The number of piperazine rings is 1. The van der Waals surface area contributed by atoms with Crippen LogP contribution in [0.1, 0.15) is 13.3 Å². The molecule has 2 heterocycles. The maximum Gasteiger partial charge on any atom is 0.403 e. The van der Waals surface area contributed by atoms with Crippen LogP contribution in [0, 0.1) is 5.92 Å². The molecule has 2 unspecified atom stereocenters. The summed E-state index contributed by atoms with van der Waals surface area (Å²) in [6.07, 6.45) is -7.75. The van der Waals surface area contributed by atoms with Crippen molar-refractivity contribution in [3.63, 3.8) is 0 Å². The van der Waals surface area contributed by atoms with Gasteiger partial charge in [-0.2, -0.15) is 26.3 Å². The lowest BCUT2D eigenvalue weighted by Crippen LogP contribution is -2.57. The van der Waals surface area contributed by atoms with Crippen LogP contribution in [0.3, 0.4) is 0 Å². The standard InChI is InChI=1S/C16H27F6N5.HI/c1-12(16(20,21)22)26-5-7-27(8-6-26)14(23-2)24-9-13-3-4-25(10-13)11-15(17,18)19;/h12-13H,3-11H2,1-2H3,(H,23,24);1H. The summed E-state index contributed by atoms with van der Waals surface area (Å²) < 4.78 is 75.8. The Hall–Kier alpha value is -0.500. The molecule has 2 atom stereocenters. The highest BCUT2D eigenvalue weighted by Crippen LogP contribution is 2.25. The molecule has 12 heteroatoms. The summed E-state index contributed by atoms with van der Waals surface area (Å²) in [6.45, 7) is 2.97. The summed E-state index contributed by atoms with van der Waals surface area (Å²) >= 11 is 0. The first-order chi connectivity index (χ1) is 12.5. The second kappa shape index (κ2) is 10.5. The van der Waals surface area contributed by atoms with Crippen molar-refractivity contribution in [2.24, 2.45) is 10.9 Å². The fourth-order valence-corrected chi connectivity index (χ4v) is 3.57. The van der Waals surface area contributed by atoms with Crippen LogP contribution in [-0.2, 0) is 0 Å². The summed E-state index contributed by atoms with van der Waals surface area (Å²) in [7, 11) is 1.59. The van der Waals surface area contributed by atoms with E-state index >= 15 is 0 Å². The van der Waals surface area contributed by atoms with E-state index in [1.807, 2.05) is 4.90 Å². The van der Waals surface area contributed by atoms with Crippen LogP contribution in [-0.4, -0.2) is 98.5 Å². The van der Waals surface area contributed by atoms with Crippen molar-refractivity contribution in [1.82, 2.24) is 20.0 Å². The Kier molecular flexibility index (Phi) is 9.58. The van der Waals surface area contributed by atoms with E-state index in [2.05, 4.69) is 10.3 Å².